The largest absolute Gasteiger partial charge is 0.445 e. The van der Waals surface area contributed by atoms with Gasteiger partial charge >= 0.3 is 12.1 Å². The van der Waals surface area contributed by atoms with Gasteiger partial charge in [0.1, 0.15) is 6.61 Å². The Bertz CT molecular complexity index is 734. The molecule has 1 fully saturated rings. The number of aliphatic hydroxyl groups excluding tert-OH is 1. The zero-order valence-corrected chi connectivity index (χ0v) is 13.6. The molecule has 0 unspecified atom stereocenters. The monoisotopic (exact) mass is 341 g/mol. The Morgan fingerprint density at radius 2 is 1.72 bits per heavy atom. The molecular formula is C19H19NO5. The number of alkyl carbamates (subject to hydrolysis) is 1. The van der Waals surface area contributed by atoms with Crippen LogP contribution >= 0.6 is 0 Å². The number of hydrogen-bond donors (Lipinski definition) is 2. The van der Waals surface area contributed by atoms with Crippen LogP contribution in [0.1, 0.15) is 17.5 Å². The summed E-state index contributed by atoms with van der Waals surface area (Å²) in [4.78, 5) is 24.5. The molecule has 1 aliphatic heterocycles. The first-order valence-electron chi connectivity index (χ1n) is 7.99. The number of hydrogen-bond acceptors (Lipinski definition) is 5. The topological polar surface area (TPSA) is 84.9 Å². The highest BCUT2D eigenvalue weighted by atomic mass is 16.6. The molecule has 1 saturated heterocycles. The SMILES string of the molecule is O=C(N[C@]1(Cc2ccccc2)C[C@H](O)OC1=O)OCc1ccccc1. The predicted molar refractivity (Wildman–Crippen MR) is 89.4 cm³/mol. The van der Waals surface area contributed by atoms with E-state index in [9.17, 15) is 14.7 Å². The lowest BCUT2D eigenvalue weighted by molar-refractivity contribution is -0.156. The smallest absolute Gasteiger partial charge is 0.408 e. The van der Waals surface area contributed by atoms with Gasteiger partial charge in [0, 0.05) is 12.8 Å². The van der Waals surface area contributed by atoms with E-state index >= 15 is 0 Å². The van der Waals surface area contributed by atoms with Gasteiger partial charge in [-0.2, -0.15) is 0 Å². The van der Waals surface area contributed by atoms with E-state index in [0.29, 0.717) is 0 Å². The van der Waals surface area contributed by atoms with E-state index < -0.39 is 23.9 Å². The van der Waals surface area contributed by atoms with E-state index in [1.807, 2.05) is 60.7 Å². The van der Waals surface area contributed by atoms with Crippen LogP contribution in [0.15, 0.2) is 60.7 Å². The van der Waals surface area contributed by atoms with Crippen LogP contribution in [-0.4, -0.2) is 29.0 Å². The standard InChI is InChI=1S/C19H19NO5/c21-16-12-19(17(22)25-16,11-14-7-3-1-4-8-14)20-18(23)24-13-15-9-5-2-6-10-15/h1-10,16,21H,11-13H2,(H,20,23)/t16-,19-/m1/s1. The van der Waals surface area contributed by atoms with Crippen molar-refractivity contribution in [2.45, 2.75) is 31.3 Å². The summed E-state index contributed by atoms with van der Waals surface area (Å²) in [7, 11) is 0. The van der Waals surface area contributed by atoms with Crippen molar-refractivity contribution < 1.29 is 24.2 Å². The maximum absolute atomic E-state index is 12.3. The van der Waals surface area contributed by atoms with Crippen molar-refractivity contribution in [1.82, 2.24) is 5.32 Å². The van der Waals surface area contributed by atoms with Gasteiger partial charge < -0.3 is 19.9 Å². The molecule has 0 radical (unpaired) electrons. The average molecular weight is 341 g/mol. The highest BCUT2D eigenvalue weighted by molar-refractivity contribution is 5.87. The summed E-state index contributed by atoms with van der Waals surface area (Å²) in [5, 5.41) is 12.3. The van der Waals surface area contributed by atoms with Crippen molar-refractivity contribution >= 4 is 12.1 Å². The molecule has 0 bridgehead atoms. The van der Waals surface area contributed by atoms with Gasteiger partial charge in [-0.3, -0.25) is 0 Å². The lowest BCUT2D eigenvalue weighted by Crippen LogP contribution is -2.53. The first kappa shape index (κ1) is 17.0. The fourth-order valence-electron chi connectivity index (χ4n) is 2.85. The predicted octanol–water partition coefficient (Wildman–Crippen LogP) is 2.16. The normalized spacial score (nSPS) is 22.3. The van der Waals surface area contributed by atoms with Crippen molar-refractivity contribution in [1.29, 1.82) is 0 Å². The molecule has 2 atom stereocenters. The van der Waals surface area contributed by atoms with E-state index in [4.69, 9.17) is 9.47 Å². The van der Waals surface area contributed by atoms with Crippen molar-refractivity contribution in [3.05, 3.63) is 71.8 Å². The zero-order valence-electron chi connectivity index (χ0n) is 13.6. The number of nitrogens with one attached hydrogen (secondary N) is 1. The first-order chi connectivity index (χ1) is 12.1. The van der Waals surface area contributed by atoms with Crippen molar-refractivity contribution in [3.8, 4) is 0 Å². The Labute approximate surface area is 145 Å². The third-order valence-corrected chi connectivity index (χ3v) is 4.06. The molecule has 6 nitrogen and oxygen atoms in total. The van der Waals surface area contributed by atoms with Gasteiger partial charge in [0.05, 0.1) is 0 Å². The average Bonchev–Trinajstić information content (AvgIpc) is 2.88. The van der Waals surface area contributed by atoms with Gasteiger partial charge in [-0.1, -0.05) is 60.7 Å². The summed E-state index contributed by atoms with van der Waals surface area (Å²) < 4.78 is 10.1. The maximum atomic E-state index is 12.3. The van der Waals surface area contributed by atoms with Gasteiger partial charge in [0.2, 0.25) is 6.29 Å². The second-order valence-corrected chi connectivity index (χ2v) is 6.00. The van der Waals surface area contributed by atoms with Crippen molar-refractivity contribution in [3.63, 3.8) is 0 Å². The number of carbonyl (C=O) groups excluding carboxylic acids is 2. The minimum atomic E-state index is -1.34. The fourth-order valence-corrected chi connectivity index (χ4v) is 2.85. The Morgan fingerprint density at radius 3 is 2.28 bits per heavy atom. The molecule has 1 amide bonds. The maximum Gasteiger partial charge on any atom is 0.408 e. The Kier molecular flexibility index (Phi) is 5.00. The second-order valence-electron chi connectivity index (χ2n) is 6.00. The number of aliphatic hydroxyl groups is 1. The lowest BCUT2D eigenvalue weighted by Gasteiger charge is -2.25. The molecule has 0 spiro atoms. The quantitative estimate of drug-likeness (QED) is 0.814. The summed E-state index contributed by atoms with van der Waals surface area (Å²) in [6, 6.07) is 18.5. The first-order valence-corrected chi connectivity index (χ1v) is 7.99. The number of rotatable bonds is 5. The van der Waals surface area contributed by atoms with E-state index in [1.165, 1.54) is 0 Å². The second kappa shape index (κ2) is 7.36. The third-order valence-electron chi connectivity index (χ3n) is 4.06. The minimum absolute atomic E-state index is 0.0266. The lowest BCUT2D eigenvalue weighted by atomic mass is 9.89. The van der Waals surface area contributed by atoms with Gasteiger partial charge in [-0.25, -0.2) is 9.59 Å². The molecule has 25 heavy (non-hydrogen) atoms. The summed E-state index contributed by atoms with van der Waals surface area (Å²) in [5.41, 5.74) is 0.342. The van der Waals surface area contributed by atoms with E-state index in [0.717, 1.165) is 11.1 Å². The molecular weight excluding hydrogens is 322 g/mol. The van der Waals surface area contributed by atoms with Crippen LogP contribution in [0, 0.1) is 0 Å². The van der Waals surface area contributed by atoms with Crippen molar-refractivity contribution in [2.75, 3.05) is 0 Å². The molecule has 1 heterocycles. The molecule has 3 rings (SSSR count). The Morgan fingerprint density at radius 1 is 1.12 bits per heavy atom. The fraction of sp³-hybridized carbons (Fsp3) is 0.263. The van der Waals surface area contributed by atoms with Gasteiger partial charge in [0.15, 0.2) is 5.54 Å². The number of esters is 1. The van der Waals surface area contributed by atoms with Crippen LogP contribution in [0.5, 0.6) is 0 Å². The molecule has 2 aromatic rings. The molecule has 1 aliphatic rings. The number of amides is 1. The summed E-state index contributed by atoms with van der Waals surface area (Å²) in [6.45, 7) is 0.0890. The van der Waals surface area contributed by atoms with Crippen LogP contribution in [0.25, 0.3) is 0 Å². The van der Waals surface area contributed by atoms with E-state index in [-0.39, 0.29) is 19.4 Å². The third kappa shape index (κ3) is 4.16. The summed E-state index contributed by atoms with van der Waals surface area (Å²) in [5.74, 6) is -0.666. The van der Waals surface area contributed by atoms with Crippen LogP contribution in [0.4, 0.5) is 4.79 Å². The molecule has 0 aliphatic carbocycles. The molecule has 0 aromatic heterocycles. The molecule has 2 aromatic carbocycles. The van der Waals surface area contributed by atoms with Gasteiger partial charge in [-0.15, -0.1) is 0 Å². The molecule has 2 N–H and O–H groups in total. The number of benzene rings is 2. The molecule has 6 heteroatoms. The van der Waals surface area contributed by atoms with E-state index in [1.54, 1.807) is 0 Å². The van der Waals surface area contributed by atoms with E-state index in [2.05, 4.69) is 5.32 Å². The highest BCUT2D eigenvalue weighted by Crippen LogP contribution is 2.28. The van der Waals surface area contributed by atoms with Crippen LogP contribution in [0.2, 0.25) is 0 Å². The van der Waals surface area contributed by atoms with Crippen molar-refractivity contribution in [2.24, 2.45) is 0 Å². The van der Waals surface area contributed by atoms with Gasteiger partial charge in [0.25, 0.3) is 0 Å². The number of cyclic esters (lactones) is 1. The van der Waals surface area contributed by atoms with Crippen LogP contribution in [0.3, 0.4) is 0 Å². The Balaban J connectivity index is 1.69. The van der Waals surface area contributed by atoms with Crippen LogP contribution < -0.4 is 5.32 Å². The summed E-state index contributed by atoms with van der Waals surface area (Å²) >= 11 is 0. The summed E-state index contributed by atoms with van der Waals surface area (Å²) in [6.07, 6.45) is -1.79. The molecule has 130 valence electrons. The van der Waals surface area contributed by atoms with Crippen LogP contribution in [-0.2, 0) is 27.3 Å². The molecule has 0 saturated carbocycles. The number of ether oxygens (including phenoxy) is 2. The van der Waals surface area contributed by atoms with Gasteiger partial charge in [-0.05, 0) is 11.1 Å². The highest BCUT2D eigenvalue weighted by Gasteiger charge is 2.50. The zero-order chi connectivity index (χ0) is 17.7. The minimum Gasteiger partial charge on any atom is -0.445 e. The number of carbonyl (C=O) groups is 2. The Hall–Kier alpha value is -2.86.